The lowest BCUT2D eigenvalue weighted by Crippen LogP contribution is -2.17. The van der Waals surface area contributed by atoms with Gasteiger partial charge in [-0.15, -0.1) is 0 Å². The summed E-state index contributed by atoms with van der Waals surface area (Å²) < 4.78 is 5.20. The van der Waals surface area contributed by atoms with Crippen LogP contribution in [0.5, 0.6) is 5.75 Å². The number of rotatable bonds is 5. The van der Waals surface area contributed by atoms with Gasteiger partial charge in [0.2, 0.25) is 0 Å². The molecule has 0 aliphatic heterocycles. The van der Waals surface area contributed by atoms with Gasteiger partial charge in [-0.2, -0.15) is 0 Å². The van der Waals surface area contributed by atoms with Crippen LogP contribution in [0.25, 0.3) is 0 Å². The molecule has 1 aliphatic rings. The highest BCUT2D eigenvalue weighted by Crippen LogP contribution is 2.40. The molecule has 0 heterocycles. The van der Waals surface area contributed by atoms with Crippen molar-refractivity contribution in [3.05, 3.63) is 42.0 Å². The van der Waals surface area contributed by atoms with Crippen molar-refractivity contribution in [1.29, 1.82) is 0 Å². The number of methoxy groups -OCH3 is 1. The smallest absolute Gasteiger partial charge is 0.155 e. The minimum absolute atomic E-state index is 0.136. The van der Waals surface area contributed by atoms with E-state index in [2.05, 4.69) is 18.7 Å². The number of hydrogen-bond acceptors (Lipinski definition) is 2. The summed E-state index contributed by atoms with van der Waals surface area (Å²) in [6, 6.07) is 6.19. The Morgan fingerprint density at radius 1 is 1.62 bits per heavy atom. The van der Waals surface area contributed by atoms with Crippen molar-refractivity contribution in [3.63, 3.8) is 0 Å². The molecule has 1 aliphatic carbocycles. The fourth-order valence-electron chi connectivity index (χ4n) is 2.19. The first-order chi connectivity index (χ1) is 7.74. The van der Waals surface area contributed by atoms with Gasteiger partial charge in [-0.1, -0.05) is 12.6 Å². The lowest BCUT2D eigenvalue weighted by atomic mass is 9.75. The second kappa shape index (κ2) is 4.52. The number of carbonyl (C=O) groups excluding carboxylic acids is 1. The van der Waals surface area contributed by atoms with Gasteiger partial charge < -0.3 is 4.74 Å². The summed E-state index contributed by atoms with van der Waals surface area (Å²) in [5, 5.41) is 0. The number of carbonyl (C=O) groups is 1. The van der Waals surface area contributed by atoms with Crippen molar-refractivity contribution in [2.45, 2.75) is 25.2 Å². The predicted octanol–water partition coefficient (Wildman–Crippen LogP) is 2.87. The molecule has 1 atom stereocenters. The number of benzene rings is 1. The van der Waals surface area contributed by atoms with Crippen molar-refractivity contribution in [2.75, 3.05) is 7.11 Å². The molecule has 1 aromatic carbocycles. The second-order valence-electron chi connectivity index (χ2n) is 4.17. The maximum atomic E-state index is 11.1. The molecule has 0 spiro atoms. The Balaban J connectivity index is 2.00. The Hall–Kier alpha value is -1.57. The van der Waals surface area contributed by atoms with E-state index in [0.717, 1.165) is 18.6 Å². The molecule has 0 saturated heterocycles. The van der Waals surface area contributed by atoms with Gasteiger partial charge in [0, 0.05) is 6.42 Å². The number of fused-ring (bicyclic) bond motifs is 1. The molecule has 0 saturated carbocycles. The van der Waals surface area contributed by atoms with Crippen molar-refractivity contribution in [1.82, 2.24) is 0 Å². The van der Waals surface area contributed by atoms with Gasteiger partial charge in [0.25, 0.3) is 0 Å². The van der Waals surface area contributed by atoms with E-state index in [0.29, 0.717) is 12.3 Å². The second-order valence-corrected chi connectivity index (χ2v) is 4.17. The van der Waals surface area contributed by atoms with Crippen LogP contribution >= 0.6 is 0 Å². The molecule has 0 bridgehead atoms. The maximum Gasteiger partial charge on any atom is 0.155 e. The molecular weight excluding hydrogens is 200 g/mol. The molecule has 2 rings (SSSR count). The average molecular weight is 216 g/mol. The Morgan fingerprint density at radius 3 is 3.12 bits per heavy atom. The summed E-state index contributed by atoms with van der Waals surface area (Å²) in [5.74, 6) is 1.56. The maximum absolute atomic E-state index is 11.1. The van der Waals surface area contributed by atoms with Crippen LogP contribution in [-0.2, 0) is 11.2 Å². The number of ether oxygens (including phenoxy) is 1. The van der Waals surface area contributed by atoms with Crippen molar-refractivity contribution >= 4 is 5.78 Å². The van der Waals surface area contributed by atoms with Gasteiger partial charge in [-0.25, -0.2) is 0 Å². The van der Waals surface area contributed by atoms with Gasteiger partial charge in [-0.05, 0) is 48.1 Å². The monoisotopic (exact) mass is 216 g/mol. The van der Waals surface area contributed by atoms with E-state index in [1.165, 1.54) is 17.2 Å². The summed E-state index contributed by atoms with van der Waals surface area (Å²) in [4.78, 5) is 11.1. The first kappa shape index (κ1) is 10.9. The SMILES string of the molecule is C=CC(=O)CCC1Cc2ccc(OC)cc21. The Morgan fingerprint density at radius 2 is 2.44 bits per heavy atom. The summed E-state index contributed by atoms with van der Waals surface area (Å²) in [6.45, 7) is 3.48. The molecule has 2 nitrogen and oxygen atoms in total. The van der Waals surface area contributed by atoms with Crippen LogP contribution < -0.4 is 4.74 Å². The third-order valence-electron chi connectivity index (χ3n) is 3.23. The Kier molecular flexibility index (Phi) is 3.09. The molecule has 0 amide bonds. The normalized spacial score (nSPS) is 17.2. The van der Waals surface area contributed by atoms with E-state index in [4.69, 9.17) is 4.74 Å². The quantitative estimate of drug-likeness (QED) is 0.707. The van der Waals surface area contributed by atoms with E-state index in [1.54, 1.807) is 7.11 Å². The molecule has 16 heavy (non-hydrogen) atoms. The predicted molar refractivity (Wildman–Crippen MR) is 63.9 cm³/mol. The molecule has 0 aromatic heterocycles. The molecule has 2 heteroatoms. The summed E-state index contributed by atoms with van der Waals surface area (Å²) in [5.41, 5.74) is 2.73. The lowest BCUT2D eigenvalue weighted by molar-refractivity contribution is -0.114. The molecule has 1 unspecified atom stereocenters. The largest absolute Gasteiger partial charge is 0.497 e. The summed E-state index contributed by atoms with van der Waals surface area (Å²) in [7, 11) is 1.68. The highest BCUT2D eigenvalue weighted by Gasteiger charge is 2.26. The van der Waals surface area contributed by atoms with E-state index in [1.807, 2.05) is 6.07 Å². The molecule has 0 N–H and O–H groups in total. The minimum Gasteiger partial charge on any atom is -0.497 e. The van der Waals surface area contributed by atoms with Crippen LogP contribution in [0.1, 0.15) is 29.9 Å². The zero-order valence-corrected chi connectivity index (χ0v) is 9.53. The van der Waals surface area contributed by atoms with Gasteiger partial charge in [-0.3, -0.25) is 4.79 Å². The number of allylic oxidation sites excluding steroid dienone is 1. The zero-order chi connectivity index (χ0) is 11.5. The Labute approximate surface area is 95.9 Å². The topological polar surface area (TPSA) is 26.3 Å². The van der Waals surface area contributed by atoms with E-state index < -0.39 is 0 Å². The standard InChI is InChI=1S/C14H16O2/c1-3-12(15)6-4-10-8-11-5-7-13(16-2)9-14(10)11/h3,5,7,9-10H,1,4,6,8H2,2H3. The van der Waals surface area contributed by atoms with Crippen LogP contribution in [0.15, 0.2) is 30.9 Å². The highest BCUT2D eigenvalue weighted by molar-refractivity contribution is 5.89. The number of ketones is 1. The average Bonchev–Trinajstić information content (AvgIpc) is 2.30. The highest BCUT2D eigenvalue weighted by atomic mass is 16.5. The Bertz CT molecular complexity index is 421. The van der Waals surface area contributed by atoms with Crippen LogP contribution in [0.4, 0.5) is 0 Å². The zero-order valence-electron chi connectivity index (χ0n) is 9.53. The number of hydrogen-bond donors (Lipinski definition) is 0. The first-order valence-electron chi connectivity index (χ1n) is 5.56. The van der Waals surface area contributed by atoms with Gasteiger partial charge in [0.1, 0.15) is 5.75 Å². The van der Waals surface area contributed by atoms with Gasteiger partial charge in [0.15, 0.2) is 5.78 Å². The molecular formula is C14H16O2. The summed E-state index contributed by atoms with van der Waals surface area (Å²) >= 11 is 0. The third kappa shape index (κ3) is 2.01. The minimum atomic E-state index is 0.136. The van der Waals surface area contributed by atoms with Crippen LogP contribution in [0.2, 0.25) is 0 Å². The van der Waals surface area contributed by atoms with E-state index in [-0.39, 0.29) is 5.78 Å². The van der Waals surface area contributed by atoms with Crippen LogP contribution in [0, 0.1) is 0 Å². The van der Waals surface area contributed by atoms with Crippen LogP contribution in [0.3, 0.4) is 0 Å². The van der Waals surface area contributed by atoms with Crippen LogP contribution in [-0.4, -0.2) is 12.9 Å². The van der Waals surface area contributed by atoms with Crippen molar-refractivity contribution in [2.24, 2.45) is 0 Å². The fraction of sp³-hybridized carbons (Fsp3) is 0.357. The molecule has 0 radical (unpaired) electrons. The molecule has 84 valence electrons. The third-order valence-corrected chi connectivity index (χ3v) is 3.23. The van der Waals surface area contributed by atoms with Gasteiger partial charge in [0.05, 0.1) is 7.11 Å². The molecule has 1 aromatic rings. The van der Waals surface area contributed by atoms with Gasteiger partial charge >= 0.3 is 0 Å². The van der Waals surface area contributed by atoms with Crippen molar-refractivity contribution < 1.29 is 9.53 Å². The molecule has 0 fully saturated rings. The fourth-order valence-corrected chi connectivity index (χ4v) is 2.19. The lowest BCUT2D eigenvalue weighted by Gasteiger charge is -2.30. The van der Waals surface area contributed by atoms with Crippen molar-refractivity contribution in [3.8, 4) is 5.75 Å². The van der Waals surface area contributed by atoms with E-state index in [9.17, 15) is 4.79 Å². The first-order valence-corrected chi connectivity index (χ1v) is 5.56. The van der Waals surface area contributed by atoms with E-state index >= 15 is 0 Å². The summed E-state index contributed by atoms with van der Waals surface area (Å²) in [6.07, 6.45) is 4.02.